The summed E-state index contributed by atoms with van der Waals surface area (Å²) in [6, 6.07) is 10.6. The predicted molar refractivity (Wildman–Crippen MR) is 82.2 cm³/mol. The molecule has 0 saturated heterocycles. The van der Waals surface area contributed by atoms with Crippen molar-refractivity contribution >= 4 is 17.1 Å². The smallest absolute Gasteiger partial charge is 0.0591 e. The fourth-order valence-corrected chi connectivity index (χ4v) is 1.95. The number of hydrogen-bond acceptors (Lipinski definition) is 3. The quantitative estimate of drug-likeness (QED) is 0.832. The fraction of sp³-hybridized carbons (Fsp3) is 0.312. The molecule has 1 aromatic heterocycles. The molecule has 2 aromatic rings. The van der Waals surface area contributed by atoms with Crippen LogP contribution in [0.15, 0.2) is 42.7 Å². The number of nitrogens with zero attached hydrogens (tertiary/aromatic N) is 1. The first kappa shape index (κ1) is 13.4. The molecule has 0 unspecified atom stereocenters. The Hall–Kier alpha value is -2.03. The Kier molecular flexibility index (Phi) is 4.39. The predicted octanol–water partition coefficient (Wildman–Crippen LogP) is 4.38. The largest absolute Gasteiger partial charge is 0.384 e. The summed E-state index contributed by atoms with van der Waals surface area (Å²) < 4.78 is 0. The Morgan fingerprint density at radius 3 is 2.58 bits per heavy atom. The molecule has 100 valence electrons. The average Bonchev–Trinajstić information content (AvgIpc) is 2.40. The normalized spacial score (nSPS) is 10.5. The minimum atomic E-state index is 0.535. The third-order valence-corrected chi connectivity index (χ3v) is 2.96. The molecule has 0 radical (unpaired) electrons. The van der Waals surface area contributed by atoms with E-state index in [9.17, 15) is 0 Å². The molecule has 1 aromatic carbocycles. The molecular weight excluding hydrogens is 234 g/mol. The topological polar surface area (TPSA) is 37.0 Å². The maximum absolute atomic E-state index is 4.23. The molecule has 3 heteroatoms. The number of hydrogen-bond donors (Lipinski definition) is 2. The Labute approximate surface area is 115 Å². The van der Waals surface area contributed by atoms with Gasteiger partial charge in [-0.3, -0.25) is 4.98 Å². The number of aromatic nitrogens is 1. The van der Waals surface area contributed by atoms with Gasteiger partial charge in [-0.1, -0.05) is 26.0 Å². The van der Waals surface area contributed by atoms with Crippen molar-refractivity contribution < 1.29 is 0 Å². The molecule has 0 aliphatic carbocycles. The van der Waals surface area contributed by atoms with E-state index in [2.05, 4.69) is 66.7 Å². The first-order valence-electron chi connectivity index (χ1n) is 6.75. The second-order valence-corrected chi connectivity index (χ2v) is 4.90. The van der Waals surface area contributed by atoms with Gasteiger partial charge in [-0.05, 0) is 36.6 Å². The molecule has 0 fully saturated rings. The first-order valence-corrected chi connectivity index (χ1v) is 6.75. The lowest BCUT2D eigenvalue weighted by molar-refractivity contribution is 0.867. The average molecular weight is 255 g/mol. The molecule has 2 N–H and O–H groups in total. The van der Waals surface area contributed by atoms with Gasteiger partial charge in [-0.15, -0.1) is 0 Å². The van der Waals surface area contributed by atoms with Gasteiger partial charge in [0.2, 0.25) is 0 Å². The maximum atomic E-state index is 4.23. The van der Waals surface area contributed by atoms with Gasteiger partial charge in [0.05, 0.1) is 23.8 Å². The number of anilines is 3. The van der Waals surface area contributed by atoms with Crippen LogP contribution >= 0.6 is 0 Å². The summed E-state index contributed by atoms with van der Waals surface area (Å²) in [7, 11) is 0. The minimum Gasteiger partial charge on any atom is -0.384 e. The summed E-state index contributed by atoms with van der Waals surface area (Å²) in [5, 5.41) is 6.66. The van der Waals surface area contributed by atoms with Gasteiger partial charge in [0, 0.05) is 12.2 Å². The summed E-state index contributed by atoms with van der Waals surface area (Å²) in [4.78, 5) is 4.23. The van der Waals surface area contributed by atoms with Crippen molar-refractivity contribution in [3.8, 4) is 0 Å². The molecule has 0 atom stereocenters. The summed E-state index contributed by atoms with van der Waals surface area (Å²) in [6.07, 6.45) is 3.67. The molecule has 0 aliphatic heterocycles. The van der Waals surface area contributed by atoms with E-state index in [4.69, 9.17) is 0 Å². The zero-order valence-corrected chi connectivity index (χ0v) is 11.8. The van der Waals surface area contributed by atoms with Crippen LogP contribution in [-0.4, -0.2) is 11.5 Å². The van der Waals surface area contributed by atoms with Gasteiger partial charge in [0.25, 0.3) is 0 Å². The van der Waals surface area contributed by atoms with Crippen molar-refractivity contribution in [1.82, 2.24) is 4.98 Å². The molecule has 0 saturated carbocycles. The first-order chi connectivity index (χ1) is 9.19. The van der Waals surface area contributed by atoms with Crippen LogP contribution < -0.4 is 10.6 Å². The zero-order chi connectivity index (χ0) is 13.7. The van der Waals surface area contributed by atoms with Crippen molar-refractivity contribution in [2.45, 2.75) is 26.7 Å². The summed E-state index contributed by atoms with van der Waals surface area (Å²) in [6.45, 7) is 7.37. The Morgan fingerprint density at radius 1 is 1.05 bits per heavy atom. The fourth-order valence-electron chi connectivity index (χ4n) is 1.95. The van der Waals surface area contributed by atoms with Gasteiger partial charge in [-0.25, -0.2) is 0 Å². The Morgan fingerprint density at radius 2 is 1.84 bits per heavy atom. The van der Waals surface area contributed by atoms with E-state index >= 15 is 0 Å². The van der Waals surface area contributed by atoms with Gasteiger partial charge < -0.3 is 10.6 Å². The van der Waals surface area contributed by atoms with Gasteiger partial charge >= 0.3 is 0 Å². The molecule has 3 nitrogen and oxygen atoms in total. The second kappa shape index (κ2) is 6.23. The van der Waals surface area contributed by atoms with Crippen LogP contribution in [0.2, 0.25) is 0 Å². The second-order valence-electron chi connectivity index (χ2n) is 4.90. The number of benzene rings is 1. The summed E-state index contributed by atoms with van der Waals surface area (Å²) in [5.74, 6) is 0.535. The minimum absolute atomic E-state index is 0.535. The lowest BCUT2D eigenvalue weighted by atomic mass is 10.0. The van der Waals surface area contributed by atoms with E-state index in [0.717, 1.165) is 23.6 Å². The van der Waals surface area contributed by atoms with Crippen LogP contribution in [0.1, 0.15) is 32.3 Å². The molecular formula is C16H21N3. The van der Waals surface area contributed by atoms with Crippen LogP contribution in [0.5, 0.6) is 0 Å². The van der Waals surface area contributed by atoms with E-state index in [-0.39, 0.29) is 0 Å². The van der Waals surface area contributed by atoms with Gasteiger partial charge in [-0.2, -0.15) is 0 Å². The van der Waals surface area contributed by atoms with E-state index < -0.39 is 0 Å². The van der Waals surface area contributed by atoms with E-state index in [0.29, 0.717) is 5.92 Å². The molecule has 0 amide bonds. The van der Waals surface area contributed by atoms with Crippen LogP contribution in [0, 0.1) is 0 Å². The lowest BCUT2D eigenvalue weighted by Gasteiger charge is -2.11. The highest BCUT2D eigenvalue weighted by molar-refractivity contribution is 5.63. The third kappa shape index (κ3) is 3.71. The van der Waals surface area contributed by atoms with Crippen molar-refractivity contribution in [2.75, 3.05) is 17.2 Å². The van der Waals surface area contributed by atoms with E-state index in [1.54, 1.807) is 0 Å². The maximum Gasteiger partial charge on any atom is 0.0591 e. The molecule has 2 rings (SSSR count). The molecule has 19 heavy (non-hydrogen) atoms. The summed E-state index contributed by atoms with van der Waals surface area (Å²) >= 11 is 0. The van der Waals surface area contributed by atoms with Crippen LogP contribution in [0.25, 0.3) is 0 Å². The SMILES string of the molecule is CCNc1cncc(Nc2cccc(C(C)C)c2)c1. The third-order valence-electron chi connectivity index (χ3n) is 2.96. The molecule has 0 bridgehead atoms. The molecule has 1 heterocycles. The van der Waals surface area contributed by atoms with Gasteiger partial charge in [0.1, 0.15) is 0 Å². The molecule has 0 spiro atoms. The van der Waals surface area contributed by atoms with Crippen molar-refractivity contribution in [3.63, 3.8) is 0 Å². The van der Waals surface area contributed by atoms with Gasteiger partial charge in [0.15, 0.2) is 0 Å². The standard InChI is InChI=1S/C16H21N3/c1-4-18-15-9-16(11-17-10-15)19-14-7-5-6-13(8-14)12(2)3/h5-12,18-19H,4H2,1-3H3. The highest BCUT2D eigenvalue weighted by atomic mass is 14.9. The summed E-state index contributed by atoms with van der Waals surface area (Å²) in [5.41, 5.74) is 4.47. The van der Waals surface area contributed by atoms with Crippen molar-refractivity contribution in [2.24, 2.45) is 0 Å². The Bertz CT molecular complexity index is 535. The van der Waals surface area contributed by atoms with Crippen LogP contribution in [0.4, 0.5) is 17.1 Å². The van der Waals surface area contributed by atoms with Crippen molar-refractivity contribution in [3.05, 3.63) is 48.3 Å². The Balaban J connectivity index is 2.16. The zero-order valence-electron chi connectivity index (χ0n) is 11.8. The number of rotatable bonds is 5. The molecule has 0 aliphatic rings. The number of nitrogens with one attached hydrogen (secondary N) is 2. The van der Waals surface area contributed by atoms with E-state index in [1.807, 2.05) is 12.4 Å². The monoisotopic (exact) mass is 255 g/mol. The highest BCUT2D eigenvalue weighted by Gasteiger charge is 2.01. The van der Waals surface area contributed by atoms with E-state index in [1.165, 1.54) is 5.56 Å². The highest BCUT2D eigenvalue weighted by Crippen LogP contribution is 2.22. The lowest BCUT2D eigenvalue weighted by Crippen LogP contribution is -1.99. The van der Waals surface area contributed by atoms with Crippen molar-refractivity contribution in [1.29, 1.82) is 0 Å². The number of pyridine rings is 1. The van der Waals surface area contributed by atoms with Crippen LogP contribution in [0.3, 0.4) is 0 Å². The van der Waals surface area contributed by atoms with Crippen LogP contribution in [-0.2, 0) is 0 Å².